The van der Waals surface area contributed by atoms with Gasteiger partial charge in [0.05, 0.1) is 0 Å². The first-order chi connectivity index (χ1) is 5.83. The fourth-order valence-electron chi connectivity index (χ4n) is 1.95. The van der Waals surface area contributed by atoms with Crippen molar-refractivity contribution in [2.24, 2.45) is 5.92 Å². The first-order valence-electron chi connectivity index (χ1n) is 5.12. The Morgan fingerprint density at radius 2 is 1.92 bits per heavy atom. The van der Waals surface area contributed by atoms with Crippen molar-refractivity contribution in [1.29, 1.82) is 0 Å². The van der Waals surface area contributed by atoms with Gasteiger partial charge in [-0.05, 0) is 25.9 Å². The quantitative estimate of drug-likeness (QED) is 0.523. The molecule has 0 N–H and O–H groups in total. The third-order valence-corrected chi connectivity index (χ3v) is 3.37. The summed E-state index contributed by atoms with van der Waals surface area (Å²) in [6.45, 7) is 1.23. The fourth-order valence-corrected chi connectivity index (χ4v) is 2.09. The van der Waals surface area contributed by atoms with Crippen LogP contribution in [-0.4, -0.2) is 24.4 Å². The molecule has 0 atom stereocenters. The smallest absolute Gasteiger partial charge is 0.0411 e. The minimum Gasteiger partial charge on any atom is -0.297 e. The largest absolute Gasteiger partial charge is 0.297 e. The lowest BCUT2D eigenvalue weighted by Crippen LogP contribution is -2.21. The highest BCUT2D eigenvalue weighted by molar-refractivity contribution is 7.80. The van der Waals surface area contributed by atoms with E-state index in [-0.39, 0.29) is 0 Å². The van der Waals surface area contributed by atoms with Gasteiger partial charge in [-0.1, -0.05) is 32.1 Å². The van der Waals surface area contributed by atoms with Crippen molar-refractivity contribution < 1.29 is 0 Å². The molecular formula is C10H21NS. The van der Waals surface area contributed by atoms with Gasteiger partial charge in [0.2, 0.25) is 0 Å². The topological polar surface area (TPSA) is 3.24 Å². The van der Waals surface area contributed by atoms with Gasteiger partial charge in [0.25, 0.3) is 0 Å². The van der Waals surface area contributed by atoms with Gasteiger partial charge in [0.15, 0.2) is 0 Å². The number of hydrogen-bond acceptors (Lipinski definition) is 2. The van der Waals surface area contributed by atoms with Gasteiger partial charge < -0.3 is 0 Å². The van der Waals surface area contributed by atoms with Crippen molar-refractivity contribution in [3.63, 3.8) is 0 Å². The molecule has 1 fully saturated rings. The van der Waals surface area contributed by atoms with Gasteiger partial charge in [-0.3, -0.25) is 4.90 Å². The molecule has 1 aliphatic rings. The van der Waals surface area contributed by atoms with E-state index in [0.717, 1.165) is 11.8 Å². The summed E-state index contributed by atoms with van der Waals surface area (Å²) in [6, 6.07) is 0. The van der Waals surface area contributed by atoms with E-state index in [4.69, 9.17) is 0 Å². The monoisotopic (exact) mass is 187 g/mol. The number of rotatable bonds is 4. The molecule has 0 amide bonds. The number of thiol groups is 1. The summed E-state index contributed by atoms with van der Waals surface area (Å²) in [5.74, 6) is 1.91. The highest BCUT2D eigenvalue weighted by Crippen LogP contribution is 2.26. The average molecular weight is 187 g/mol. The minimum atomic E-state index is 0.896. The predicted octanol–water partition coefficient (Wildman–Crippen LogP) is 2.78. The molecule has 0 bridgehead atoms. The van der Waals surface area contributed by atoms with E-state index in [1.807, 2.05) is 0 Å². The first kappa shape index (κ1) is 10.4. The minimum absolute atomic E-state index is 0.896. The summed E-state index contributed by atoms with van der Waals surface area (Å²) < 4.78 is 0. The summed E-state index contributed by atoms with van der Waals surface area (Å²) in [4.78, 5) is 2.29. The zero-order valence-electron chi connectivity index (χ0n) is 8.13. The van der Waals surface area contributed by atoms with Crippen LogP contribution in [0.5, 0.6) is 0 Å². The molecule has 1 nitrogen and oxygen atoms in total. The van der Waals surface area contributed by atoms with Crippen molar-refractivity contribution in [1.82, 2.24) is 4.90 Å². The Kier molecular flexibility index (Phi) is 5.08. The molecule has 0 aromatic heterocycles. The molecule has 2 heteroatoms. The Morgan fingerprint density at radius 1 is 1.25 bits per heavy atom. The van der Waals surface area contributed by atoms with Crippen molar-refractivity contribution in [3.05, 3.63) is 0 Å². The molecule has 0 spiro atoms. The molecule has 1 aliphatic carbocycles. The SMILES string of the molecule is CN(CS)CCC1CCCCC1. The van der Waals surface area contributed by atoms with Crippen LogP contribution in [0.1, 0.15) is 38.5 Å². The second-order valence-corrected chi connectivity index (χ2v) is 4.30. The molecule has 1 rings (SSSR count). The van der Waals surface area contributed by atoms with Gasteiger partial charge in [0, 0.05) is 5.88 Å². The van der Waals surface area contributed by atoms with Gasteiger partial charge in [0.1, 0.15) is 0 Å². The molecule has 1 saturated carbocycles. The van der Waals surface area contributed by atoms with Crippen LogP contribution in [0.25, 0.3) is 0 Å². The molecule has 0 aromatic rings. The third kappa shape index (κ3) is 3.81. The maximum atomic E-state index is 4.24. The van der Waals surface area contributed by atoms with Crippen molar-refractivity contribution >= 4 is 12.6 Å². The highest BCUT2D eigenvalue weighted by Gasteiger charge is 2.13. The third-order valence-electron chi connectivity index (χ3n) is 2.89. The Morgan fingerprint density at radius 3 is 2.50 bits per heavy atom. The Labute approximate surface area is 81.9 Å². The Balaban J connectivity index is 2.05. The fraction of sp³-hybridized carbons (Fsp3) is 1.00. The molecule has 12 heavy (non-hydrogen) atoms. The zero-order valence-corrected chi connectivity index (χ0v) is 9.02. The van der Waals surface area contributed by atoms with Crippen LogP contribution in [0.2, 0.25) is 0 Å². The lowest BCUT2D eigenvalue weighted by Gasteiger charge is -2.23. The lowest BCUT2D eigenvalue weighted by molar-refractivity contribution is 0.287. The maximum Gasteiger partial charge on any atom is 0.0411 e. The Hall–Kier alpha value is 0.310. The van der Waals surface area contributed by atoms with Crippen LogP contribution in [0.3, 0.4) is 0 Å². The van der Waals surface area contributed by atoms with E-state index in [1.54, 1.807) is 0 Å². The average Bonchev–Trinajstić information content (AvgIpc) is 2.16. The Bertz CT molecular complexity index is 110. The van der Waals surface area contributed by atoms with E-state index in [9.17, 15) is 0 Å². The van der Waals surface area contributed by atoms with Crippen molar-refractivity contribution in [2.75, 3.05) is 19.5 Å². The molecule has 0 heterocycles. The molecule has 0 aliphatic heterocycles. The first-order valence-corrected chi connectivity index (χ1v) is 5.75. The van der Waals surface area contributed by atoms with Crippen LogP contribution in [-0.2, 0) is 0 Å². The molecule has 72 valence electrons. The molecular weight excluding hydrogens is 166 g/mol. The highest BCUT2D eigenvalue weighted by atomic mass is 32.1. The van der Waals surface area contributed by atoms with E-state index in [1.165, 1.54) is 45.1 Å². The van der Waals surface area contributed by atoms with E-state index in [2.05, 4.69) is 24.6 Å². The van der Waals surface area contributed by atoms with E-state index in [0.29, 0.717) is 0 Å². The molecule has 0 radical (unpaired) electrons. The maximum absolute atomic E-state index is 4.24. The summed E-state index contributed by atoms with van der Waals surface area (Å²) in [5.41, 5.74) is 0. The predicted molar refractivity (Wildman–Crippen MR) is 57.7 cm³/mol. The molecule has 0 saturated heterocycles. The van der Waals surface area contributed by atoms with Crippen LogP contribution < -0.4 is 0 Å². The van der Waals surface area contributed by atoms with Gasteiger partial charge in [-0.25, -0.2) is 0 Å². The second-order valence-electron chi connectivity index (χ2n) is 4.01. The van der Waals surface area contributed by atoms with E-state index < -0.39 is 0 Å². The van der Waals surface area contributed by atoms with Gasteiger partial charge in [-0.2, -0.15) is 12.6 Å². The normalized spacial score (nSPS) is 20.2. The zero-order chi connectivity index (χ0) is 8.81. The number of nitrogens with zero attached hydrogens (tertiary/aromatic N) is 1. The molecule has 0 aromatic carbocycles. The summed E-state index contributed by atoms with van der Waals surface area (Å²) in [7, 11) is 2.15. The number of hydrogen-bond donors (Lipinski definition) is 1. The molecule has 0 unspecified atom stereocenters. The summed E-state index contributed by atoms with van der Waals surface area (Å²) >= 11 is 4.24. The van der Waals surface area contributed by atoms with Crippen molar-refractivity contribution in [3.8, 4) is 0 Å². The van der Waals surface area contributed by atoms with Gasteiger partial charge >= 0.3 is 0 Å². The van der Waals surface area contributed by atoms with Gasteiger partial charge in [-0.15, -0.1) is 0 Å². The van der Waals surface area contributed by atoms with E-state index >= 15 is 0 Å². The summed E-state index contributed by atoms with van der Waals surface area (Å²) in [6.07, 6.45) is 8.74. The second kappa shape index (κ2) is 5.87. The van der Waals surface area contributed by atoms with Crippen LogP contribution in [0.15, 0.2) is 0 Å². The van der Waals surface area contributed by atoms with Crippen LogP contribution in [0.4, 0.5) is 0 Å². The lowest BCUT2D eigenvalue weighted by atomic mass is 9.87. The standard InChI is InChI=1S/C10H21NS/c1-11(9-12)8-7-10-5-3-2-4-6-10/h10,12H,2-9H2,1H3. The van der Waals surface area contributed by atoms with Crippen molar-refractivity contribution in [2.45, 2.75) is 38.5 Å². The summed E-state index contributed by atoms with van der Waals surface area (Å²) in [5, 5.41) is 0. The van der Waals surface area contributed by atoms with Crippen LogP contribution in [0, 0.1) is 5.92 Å². The van der Waals surface area contributed by atoms with Crippen LogP contribution >= 0.6 is 12.6 Å².